The van der Waals surface area contributed by atoms with Crippen LogP contribution in [-0.2, 0) is 4.74 Å². The molecule has 0 amide bonds. The topological polar surface area (TPSA) is 9.23 Å². The summed E-state index contributed by atoms with van der Waals surface area (Å²) in [6, 6.07) is 0. The third-order valence-electron chi connectivity index (χ3n) is 4.53. The van der Waals surface area contributed by atoms with Crippen molar-refractivity contribution in [1.29, 1.82) is 0 Å². The summed E-state index contributed by atoms with van der Waals surface area (Å²) < 4.78 is 5.65. The van der Waals surface area contributed by atoms with Gasteiger partial charge in [-0.2, -0.15) is 0 Å². The lowest BCUT2D eigenvalue weighted by molar-refractivity contribution is 0.126. The lowest BCUT2D eigenvalue weighted by atomic mass is 10.0. The van der Waals surface area contributed by atoms with E-state index in [1.807, 2.05) is 0 Å². The maximum Gasteiger partial charge on any atom is 0.0466 e. The number of allylic oxidation sites excluding steroid dienone is 2. The van der Waals surface area contributed by atoms with Gasteiger partial charge in [0.25, 0.3) is 0 Å². The van der Waals surface area contributed by atoms with E-state index in [4.69, 9.17) is 4.74 Å². The molecule has 0 rings (SSSR count). The molecule has 0 aliphatic carbocycles. The first-order chi connectivity index (χ1) is 11.3. The third-order valence-corrected chi connectivity index (χ3v) is 4.53. The van der Waals surface area contributed by atoms with Gasteiger partial charge in [0.2, 0.25) is 0 Å². The van der Waals surface area contributed by atoms with E-state index in [-0.39, 0.29) is 0 Å². The Balaban J connectivity index is 3.22. The van der Waals surface area contributed by atoms with E-state index >= 15 is 0 Å². The van der Waals surface area contributed by atoms with E-state index in [1.165, 1.54) is 89.9 Å². The van der Waals surface area contributed by atoms with Crippen LogP contribution in [-0.4, -0.2) is 13.2 Å². The highest BCUT2D eigenvalue weighted by Crippen LogP contribution is 2.13. The fourth-order valence-corrected chi connectivity index (χ4v) is 2.87. The molecule has 0 saturated carbocycles. The first kappa shape index (κ1) is 22.7. The summed E-state index contributed by atoms with van der Waals surface area (Å²) in [5.74, 6) is 0.760. The Morgan fingerprint density at radius 3 is 2.00 bits per heavy atom. The molecule has 0 aromatic rings. The van der Waals surface area contributed by atoms with Crippen molar-refractivity contribution in [3.63, 3.8) is 0 Å². The summed E-state index contributed by atoms with van der Waals surface area (Å²) in [6.45, 7) is 8.82. The maximum atomic E-state index is 5.65. The molecule has 0 saturated heterocycles. The van der Waals surface area contributed by atoms with Gasteiger partial charge in [-0.25, -0.2) is 0 Å². The van der Waals surface area contributed by atoms with Crippen LogP contribution < -0.4 is 0 Å². The largest absolute Gasteiger partial charge is 0.381 e. The summed E-state index contributed by atoms with van der Waals surface area (Å²) in [7, 11) is 0. The minimum absolute atomic E-state index is 0.760. The molecule has 1 unspecified atom stereocenters. The number of rotatable bonds is 18. The van der Waals surface area contributed by atoms with Gasteiger partial charge in [0.15, 0.2) is 0 Å². The predicted molar refractivity (Wildman–Crippen MR) is 105 cm³/mol. The minimum atomic E-state index is 0.760. The molecular weight excluding hydrogens is 280 g/mol. The van der Waals surface area contributed by atoms with Gasteiger partial charge in [-0.1, -0.05) is 90.7 Å². The van der Waals surface area contributed by atoms with Gasteiger partial charge >= 0.3 is 0 Å². The number of unbranched alkanes of at least 4 members (excludes halogenated alkanes) is 10. The molecule has 1 atom stereocenters. The van der Waals surface area contributed by atoms with Crippen molar-refractivity contribution in [2.24, 2.45) is 5.92 Å². The minimum Gasteiger partial charge on any atom is -0.381 e. The van der Waals surface area contributed by atoms with Crippen molar-refractivity contribution in [3.05, 3.63) is 12.2 Å². The lowest BCUT2D eigenvalue weighted by Gasteiger charge is -2.07. The van der Waals surface area contributed by atoms with Gasteiger partial charge in [-0.05, 0) is 38.0 Å². The third kappa shape index (κ3) is 19.7. The second-order valence-corrected chi connectivity index (χ2v) is 7.13. The fraction of sp³-hybridized carbons (Fsp3) is 0.909. The number of ether oxygens (including phenoxy) is 1. The predicted octanol–water partition coefficient (Wildman–Crippen LogP) is 7.70. The molecule has 0 aliphatic heterocycles. The van der Waals surface area contributed by atoms with E-state index in [0.29, 0.717) is 0 Å². The molecule has 1 heteroatoms. The zero-order valence-corrected chi connectivity index (χ0v) is 16.5. The van der Waals surface area contributed by atoms with Crippen molar-refractivity contribution in [1.82, 2.24) is 0 Å². The van der Waals surface area contributed by atoms with Crippen LogP contribution in [0.5, 0.6) is 0 Å². The molecule has 0 radical (unpaired) electrons. The molecule has 0 spiro atoms. The van der Waals surface area contributed by atoms with Gasteiger partial charge in [-0.15, -0.1) is 0 Å². The summed E-state index contributed by atoms with van der Waals surface area (Å²) in [4.78, 5) is 0. The highest BCUT2D eigenvalue weighted by atomic mass is 16.5. The molecule has 0 heterocycles. The van der Waals surface area contributed by atoms with Gasteiger partial charge in [0.1, 0.15) is 0 Å². The Hall–Kier alpha value is -0.300. The Morgan fingerprint density at radius 2 is 1.26 bits per heavy atom. The van der Waals surface area contributed by atoms with Crippen LogP contribution in [0, 0.1) is 5.92 Å². The number of hydrogen-bond acceptors (Lipinski definition) is 1. The molecular formula is C22H44O. The van der Waals surface area contributed by atoms with E-state index in [9.17, 15) is 0 Å². The molecule has 0 bridgehead atoms. The van der Waals surface area contributed by atoms with Crippen LogP contribution in [0.15, 0.2) is 12.2 Å². The van der Waals surface area contributed by atoms with E-state index in [0.717, 1.165) is 19.1 Å². The average molecular weight is 325 g/mol. The Bertz CT molecular complexity index is 234. The van der Waals surface area contributed by atoms with Gasteiger partial charge in [0, 0.05) is 13.2 Å². The van der Waals surface area contributed by atoms with Crippen LogP contribution in [0.2, 0.25) is 0 Å². The van der Waals surface area contributed by atoms with E-state index in [1.54, 1.807) is 0 Å². The van der Waals surface area contributed by atoms with Crippen LogP contribution in [0.1, 0.15) is 111 Å². The SMILES string of the molecule is CCCCCCC/C=C/C(C)CCCCCCOCCCCC. The summed E-state index contributed by atoms with van der Waals surface area (Å²) in [5.41, 5.74) is 0. The van der Waals surface area contributed by atoms with Gasteiger partial charge < -0.3 is 4.74 Å². The molecule has 0 fully saturated rings. The van der Waals surface area contributed by atoms with Crippen LogP contribution in [0.3, 0.4) is 0 Å². The fourth-order valence-electron chi connectivity index (χ4n) is 2.87. The van der Waals surface area contributed by atoms with Gasteiger partial charge in [0.05, 0.1) is 0 Å². The van der Waals surface area contributed by atoms with Crippen molar-refractivity contribution >= 4 is 0 Å². The maximum absolute atomic E-state index is 5.65. The number of hydrogen-bond donors (Lipinski definition) is 0. The second kappa shape index (κ2) is 19.7. The normalized spacial score (nSPS) is 13.0. The lowest BCUT2D eigenvalue weighted by Crippen LogP contribution is -1.97. The molecule has 0 aliphatic rings. The highest BCUT2D eigenvalue weighted by Gasteiger charge is 1.97. The quantitative estimate of drug-likeness (QED) is 0.185. The van der Waals surface area contributed by atoms with Crippen molar-refractivity contribution < 1.29 is 4.74 Å². The van der Waals surface area contributed by atoms with Crippen LogP contribution in [0.25, 0.3) is 0 Å². The Labute approximate surface area is 147 Å². The first-order valence-corrected chi connectivity index (χ1v) is 10.6. The monoisotopic (exact) mass is 324 g/mol. The van der Waals surface area contributed by atoms with E-state index in [2.05, 4.69) is 32.9 Å². The molecule has 1 nitrogen and oxygen atoms in total. The second-order valence-electron chi connectivity index (χ2n) is 7.13. The Kier molecular flexibility index (Phi) is 19.5. The zero-order valence-electron chi connectivity index (χ0n) is 16.5. The zero-order chi connectivity index (χ0) is 17.0. The van der Waals surface area contributed by atoms with Crippen molar-refractivity contribution in [2.75, 3.05) is 13.2 Å². The molecule has 23 heavy (non-hydrogen) atoms. The Morgan fingerprint density at radius 1 is 0.696 bits per heavy atom. The smallest absolute Gasteiger partial charge is 0.0466 e. The van der Waals surface area contributed by atoms with E-state index < -0.39 is 0 Å². The van der Waals surface area contributed by atoms with Gasteiger partial charge in [-0.3, -0.25) is 0 Å². The molecule has 0 N–H and O–H groups in total. The summed E-state index contributed by atoms with van der Waals surface area (Å²) in [5, 5.41) is 0. The molecule has 138 valence electrons. The van der Waals surface area contributed by atoms with Crippen molar-refractivity contribution in [2.45, 2.75) is 111 Å². The molecule has 0 aromatic carbocycles. The molecule has 0 aromatic heterocycles. The first-order valence-electron chi connectivity index (χ1n) is 10.6. The van der Waals surface area contributed by atoms with Crippen LogP contribution >= 0.6 is 0 Å². The standard InChI is InChI=1S/C22H44O/c1-4-6-8-9-10-11-14-18-22(3)19-15-12-13-17-21-23-20-16-7-5-2/h14,18,22H,4-13,15-17,19-21H2,1-3H3/b18-14+. The van der Waals surface area contributed by atoms with Crippen LogP contribution in [0.4, 0.5) is 0 Å². The highest BCUT2D eigenvalue weighted by molar-refractivity contribution is 4.86. The summed E-state index contributed by atoms with van der Waals surface area (Å²) >= 11 is 0. The van der Waals surface area contributed by atoms with Crippen molar-refractivity contribution in [3.8, 4) is 0 Å². The summed E-state index contributed by atoms with van der Waals surface area (Å²) in [6.07, 6.45) is 23.6. The average Bonchev–Trinajstić information content (AvgIpc) is 2.55.